The fraction of sp³-hybridized carbons (Fsp3) is 0.500. The zero-order valence-electron chi connectivity index (χ0n) is 9.30. The van der Waals surface area contributed by atoms with E-state index >= 15 is 0 Å². The van der Waals surface area contributed by atoms with Gasteiger partial charge in [0.05, 0.1) is 5.51 Å². The first-order chi connectivity index (χ1) is 7.75. The Morgan fingerprint density at radius 2 is 2.44 bits per heavy atom. The maximum Gasteiger partial charge on any atom is 0.227 e. The highest BCUT2D eigenvalue weighted by molar-refractivity contribution is 7.09. The third-order valence-electron chi connectivity index (χ3n) is 2.24. The van der Waals surface area contributed by atoms with E-state index in [4.69, 9.17) is 4.52 Å². The maximum atomic E-state index is 5.03. The first kappa shape index (κ1) is 11.2. The van der Waals surface area contributed by atoms with E-state index in [2.05, 4.69) is 27.4 Å². The van der Waals surface area contributed by atoms with Gasteiger partial charge in [0.2, 0.25) is 5.89 Å². The van der Waals surface area contributed by atoms with Crippen LogP contribution in [0.25, 0.3) is 0 Å². The summed E-state index contributed by atoms with van der Waals surface area (Å²) in [5.74, 6) is 1.37. The van der Waals surface area contributed by atoms with Crippen LogP contribution < -0.4 is 5.32 Å². The van der Waals surface area contributed by atoms with Crippen LogP contribution >= 0.6 is 11.3 Å². The van der Waals surface area contributed by atoms with Gasteiger partial charge in [0.15, 0.2) is 5.82 Å². The zero-order valence-corrected chi connectivity index (χ0v) is 10.1. The van der Waals surface area contributed by atoms with Crippen molar-refractivity contribution >= 4 is 11.3 Å². The molecule has 0 aliphatic carbocycles. The molecule has 2 aromatic rings. The summed E-state index contributed by atoms with van der Waals surface area (Å²) in [6.07, 6.45) is 2.64. The molecule has 0 spiro atoms. The third kappa shape index (κ3) is 2.86. The minimum absolute atomic E-state index is 0.316. The van der Waals surface area contributed by atoms with Gasteiger partial charge in [0.25, 0.3) is 0 Å². The smallest absolute Gasteiger partial charge is 0.227 e. The molecule has 0 aliphatic heterocycles. The minimum atomic E-state index is 0.316. The van der Waals surface area contributed by atoms with Gasteiger partial charge in [-0.1, -0.05) is 5.16 Å². The SMILES string of the molecule is Cc1noc(CCNC(C)c2cncs2)n1. The van der Waals surface area contributed by atoms with Crippen LogP contribution in [0.2, 0.25) is 0 Å². The second kappa shape index (κ2) is 5.18. The average Bonchev–Trinajstić information content (AvgIpc) is 2.89. The number of aromatic nitrogens is 3. The molecule has 0 aliphatic rings. The van der Waals surface area contributed by atoms with Gasteiger partial charge in [-0.3, -0.25) is 4.98 Å². The van der Waals surface area contributed by atoms with Gasteiger partial charge < -0.3 is 9.84 Å². The van der Waals surface area contributed by atoms with E-state index in [1.165, 1.54) is 4.88 Å². The Bertz CT molecular complexity index is 426. The summed E-state index contributed by atoms with van der Waals surface area (Å²) in [5.41, 5.74) is 1.84. The molecule has 2 aromatic heterocycles. The van der Waals surface area contributed by atoms with Crippen LogP contribution in [0.4, 0.5) is 0 Å². The minimum Gasteiger partial charge on any atom is -0.339 e. The lowest BCUT2D eigenvalue weighted by Crippen LogP contribution is -2.20. The van der Waals surface area contributed by atoms with Crippen LogP contribution in [0.3, 0.4) is 0 Å². The average molecular weight is 238 g/mol. The molecule has 0 saturated heterocycles. The van der Waals surface area contributed by atoms with Crippen LogP contribution in [0, 0.1) is 6.92 Å². The van der Waals surface area contributed by atoms with Crippen LogP contribution in [0.15, 0.2) is 16.2 Å². The van der Waals surface area contributed by atoms with E-state index in [0.717, 1.165) is 13.0 Å². The lowest BCUT2D eigenvalue weighted by atomic mass is 10.3. The third-order valence-corrected chi connectivity index (χ3v) is 3.20. The number of hydrogen-bond acceptors (Lipinski definition) is 6. The van der Waals surface area contributed by atoms with E-state index in [1.807, 2.05) is 18.6 Å². The molecule has 5 nitrogen and oxygen atoms in total. The number of thiazole rings is 1. The van der Waals surface area contributed by atoms with E-state index in [1.54, 1.807) is 11.3 Å². The van der Waals surface area contributed by atoms with Crippen molar-refractivity contribution in [3.8, 4) is 0 Å². The lowest BCUT2D eigenvalue weighted by molar-refractivity contribution is 0.370. The normalized spacial score (nSPS) is 12.9. The van der Waals surface area contributed by atoms with Crippen molar-refractivity contribution in [2.45, 2.75) is 26.3 Å². The van der Waals surface area contributed by atoms with Crippen LogP contribution in [-0.2, 0) is 6.42 Å². The molecule has 0 aromatic carbocycles. The Morgan fingerprint density at radius 3 is 3.06 bits per heavy atom. The van der Waals surface area contributed by atoms with Crippen LogP contribution in [0.5, 0.6) is 0 Å². The van der Waals surface area contributed by atoms with E-state index in [0.29, 0.717) is 17.8 Å². The molecule has 2 rings (SSSR count). The van der Waals surface area contributed by atoms with Crippen molar-refractivity contribution in [1.29, 1.82) is 0 Å². The highest BCUT2D eigenvalue weighted by atomic mass is 32.1. The standard InChI is InChI=1S/C10H14N4OS/c1-7(9-5-11-6-16-9)12-4-3-10-13-8(2)14-15-10/h5-7,12H,3-4H2,1-2H3. The molecule has 0 amide bonds. The van der Waals surface area contributed by atoms with Gasteiger partial charge in [0.1, 0.15) is 0 Å². The van der Waals surface area contributed by atoms with Crippen molar-refractivity contribution in [2.75, 3.05) is 6.54 Å². The predicted octanol–water partition coefficient (Wildman–Crippen LogP) is 1.73. The van der Waals surface area contributed by atoms with Crippen LogP contribution in [-0.4, -0.2) is 21.7 Å². The van der Waals surface area contributed by atoms with Gasteiger partial charge in [-0.2, -0.15) is 4.98 Å². The Kier molecular flexibility index (Phi) is 3.63. The van der Waals surface area contributed by atoms with Gasteiger partial charge in [0, 0.05) is 30.1 Å². The van der Waals surface area contributed by atoms with Gasteiger partial charge in [-0.15, -0.1) is 11.3 Å². The molecular weight excluding hydrogens is 224 g/mol. The summed E-state index contributed by atoms with van der Waals surface area (Å²) in [7, 11) is 0. The molecule has 0 bridgehead atoms. The molecule has 0 fully saturated rings. The molecule has 0 radical (unpaired) electrons. The predicted molar refractivity (Wildman–Crippen MR) is 61.3 cm³/mol. The summed E-state index contributed by atoms with van der Waals surface area (Å²) >= 11 is 1.66. The number of rotatable bonds is 5. The first-order valence-electron chi connectivity index (χ1n) is 5.16. The van der Waals surface area contributed by atoms with Crippen molar-refractivity contribution in [2.24, 2.45) is 0 Å². The number of aryl methyl sites for hydroxylation is 1. The Labute approximate surface area is 97.9 Å². The summed E-state index contributed by atoms with van der Waals surface area (Å²) in [4.78, 5) is 9.43. The molecule has 6 heteroatoms. The lowest BCUT2D eigenvalue weighted by Gasteiger charge is -2.09. The van der Waals surface area contributed by atoms with Gasteiger partial charge >= 0.3 is 0 Å². The fourth-order valence-corrected chi connectivity index (χ4v) is 2.03. The molecule has 2 heterocycles. The summed E-state index contributed by atoms with van der Waals surface area (Å²) < 4.78 is 5.03. The largest absolute Gasteiger partial charge is 0.339 e. The molecule has 0 saturated carbocycles. The fourth-order valence-electron chi connectivity index (χ4n) is 1.38. The second-order valence-electron chi connectivity index (χ2n) is 3.56. The van der Waals surface area contributed by atoms with E-state index in [9.17, 15) is 0 Å². The van der Waals surface area contributed by atoms with Crippen molar-refractivity contribution < 1.29 is 4.52 Å². The van der Waals surface area contributed by atoms with E-state index < -0.39 is 0 Å². The highest BCUT2D eigenvalue weighted by Crippen LogP contribution is 2.15. The number of nitrogens with one attached hydrogen (secondary N) is 1. The monoisotopic (exact) mass is 238 g/mol. The quantitative estimate of drug-likeness (QED) is 0.859. The maximum absolute atomic E-state index is 5.03. The van der Waals surface area contributed by atoms with Crippen molar-refractivity contribution in [3.63, 3.8) is 0 Å². The first-order valence-corrected chi connectivity index (χ1v) is 6.04. The van der Waals surface area contributed by atoms with Crippen molar-refractivity contribution in [3.05, 3.63) is 28.3 Å². The Morgan fingerprint density at radius 1 is 1.56 bits per heavy atom. The molecule has 1 atom stereocenters. The zero-order chi connectivity index (χ0) is 11.4. The summed E-state index contributed by atoms with van der Waals surface area (Å²) in [5, 5.41) is 7.13. The molecule has 1 N–H and O–H groups in total. The highest BCUT2D eigenvalue weighted by Gasteiger charge is 2.07. The number of nitrogens with zero attached hydrogens (tertiary/aromatic N) is 3. The topological polar surface area (TPSA) is 63.8 Å². The van der Waals surface area contributed by atoms with Crippen LogP contribution in [0.1, 0.15) is 29.6 Å². The number of hydrogen-bond donors (Lipinski definition) is 1. The Hall–Kier alpha value is -1.27. The van der Waals surface area contributed by atoms with Crippen molar-refractivity contribution in [1.82, 2.24) is 20.4 Å². The molecule has 1 unspecified atom stereocenters. The van der Waals surface area contributed by atoms with E-state index in [-0.39, 0.29) is 0 Å². The van der Waals surface area contributed by atoms with Gasteiger partial charge in [-0.05, 0) is 13.8 Å². The summed E-state index contributed by atoms with van der Waals surface area (Å²) in [6, 6.07) is 0.316. The molecule has 86 valence electrons. The van der Waals surface area contributed by atoms with Gasteiger partial charge in [-0.25, -0.2) is 0 Å². The second-order valence-corrected chi connectivity index (χ2v) is 4.48. The molecule has 16 heavy (non-hydrogen) atoms. The molecular formula is C10H14N4OS. The summed E-state index contributed by atoms with van der Waals surface area (Å²) in [6.45, 7) is 4.76. The Balaban J connectivity index is 1.76.